The highest BCUT2D eigenvalue weighted by Gasteiger charge is 2.40. The molecule has 0 saturated carbocycles. The number of alkyl halides is 9. The molecular weight excluding hydrogens is 575 g/mol. The third-order valence-electron chi connectivity index (χ3n) is 6.36. The van der Waals surface area contributed by atoms with Gasteiger partial charge in [0.2, 0.25) is 0 Å². The van der Waals surface area contributed by atoms with E-state index in [2.05, 4.69) is 5.32 Å². The van der Waals surface area contributed by atoms with Gasteiger partial charge in [0.05, 0.1) is 41.6 Å². The Kier molecular flexibility index (Phi) is 9.38. The first-order valence-corrected chi connectivity index (χ1v) is 12.3. The molecule has 2 amide bonds. The molecule has 0 radical (unpaired) electrons. The van der Waals surface area contributed by atoms with Crippen molar-refractivity contribution in [2.75, 3.05) is 18.1 Å². The van der Waals surface area contributed by atoms with E-state index in [0.717, 1.165) is 18.2 Å². The third-order valence-corrected chi connectivity index (χ3v) is 6.36. The Morgan fingerprint density at radius 2 is 1.44 bits per heavy atom. The molecule has 0 aliphatic carbocycles. The Morgan fingerprint density at radius 3 is 1.95 bits per heavy atom. The molecule has 0 bridgehead atoms. The van der Waals surface area contributed by atoms with Crippen LogP contribution in [-0.4, -0.2) is 31.4 Å². The molecule has 2 atom stereocenters. The number of anilines is 1. The Bertz CT molecular complexity index is 1230. The van der Waals surface area contributed by atoms with Crippen molar-refractivity contribution in [2.45, 2.75) is 63.7 Å². The zero-order chi connectivity index (χ0) is 30.8. The van der Waals surface area contributed by atoms with Gasteiger partial charge in [-0.3, -0.25) is 4.90 Å². The van der Waals surface area contributed by atoms with E-state index in [4.69, 9.17) is 9.47 Å². The molecule has 0 aromatic heterocycles. The number of amides is 2. The largest absolute Gasteiger partial charge is 0.449 e. The van der Waals surface area contributed by atoms with Crippen molar-refractivity contribution in [3.8, 4) is 0 Å². The molecule has 2 aromatic rings. The minimum atomic E-state index is -5.05. The number of carbonyl (C=O) groups is 2. The van der Waals surface area contributed by atoms with Crippen LogP contribution >= 0.6 is 0 Å². The normalized spacial score (nSPS) is 17.6. The fraction of sp³-hybridized carbons (Fsp3) is 0.462. The van der Waals surface area contributed by atoms with E-state index in [1.54, 1.807) is 13.8 Å². The molecule has 0 fully saturated rings. The Hall–Kier alpha value is -3.65. The predicted octanol–water partition coefficient (Wildman–Crippen LogP) is 7.90. The van der Waals surface area contributed by atoms with Crippen LogP contribution in [0.1, 0.15) is 60.5 Å². The molecule has 2 aromatic carbocycles. The van der Waals surface area contributed by atoms with E-state index in [0.29, 0.717) is 18.6 Å². The van der Waals surface area contributed by atoms with Gasteiger partial charge in [-0.2, -0.15) is 39.5 Å². The van der Waals surface area contributed by atoms with Crippen LogP contribution in [0.15, 0.2) is 36.4 Å². The van der Waals surface area contributed by atoms with Gasteiger partial charge >= 0.3 is 30.7 Å². The van der Waals surface area contributed by atoms with Gasteiger partial charge in [-0.1, -0.05) is 6.92 Å². The SMILES string of the molecule is CCOC(=O)N1c2ccc(C(F)(F)F)cc2[C@@H](NC(=O)OCCc2cc(C(F)(F)F)cc(C(F)(F)F)c2)C[C@@H]1CC. The summed E-state index contributed by atoms with van der Waals surface area (Å²) < 4.78 is 129. The van der Waals surface area contributed by atoms with Crippen molar-refractivity contribution in [2.24, 2.45) is 0 Å². The maximum atomic E-state index is 13.4. The molecule has 41 heavy (non-hydrogen) atoms. The standard InChI is InChI=1S/C26H25F9N2O4/c1-3-18-13-20(19-12-15(24(27,28)29)5-6-21(19)37(18)23(39)40-4-2)36-22(38)41-8-7-14-9-16(25(30,31)32)11-17(10-14)26(33,34)35/h5-6,9-12,18,20H,3-4,7-8,13H2,1-2H3,(H,36,38)/t18-,20-/m0/s1. The van der Waals surface area contributed by atoms with Gasteiger partial charge in [0, 0.05) is 12.5 Å². The lowest BCUT2D eigenvalue weighted by Crippen LogP contribution is -2.48. The summed E-state index contributed by atoms with van der Waals surface area (Å²) in [6, 6.07) is 1.96. The zero-order valence-corrected chi connectivity index (χ0v) is 21.6. The third kappa shape index (κ3) is 7.76. The van der Waals surface area contributed by atoms with Gasteiger partial charge in [-0.15, -0.1) is 0 Å². The molecule has 0 unspecified atom stereocenters. The highest BCUT2D eigenvalue weighted by molar-refractivity contribution is 5.90. The number of halogens is 9. The first kappa shape index (κ1) is 31.9. The molecular formula is C26H25F9N2O4. The van der Waals surface area contributed by atoms with Crippen LogP contribution in [-0.2, 0) is 34.4 Å². The maximum Gasteiger partial charge on any atom is 0.416 e. The summed E-state index contributed by atoms with van der Waals surface area (Å²) in [6.07, 6.45) is -17.0. The number of rotatable bonds is 6. The minimum Gasteiger partial charge on any atom is -0.449 e. The van der Waals surface area contributed by atoms with Gasteiger partial charge < -0.3 is 14.8 Å². The van der Waals surface area contributed by atoms with Crippen LogP contribution in [0.5, 0.6) is 0 Å². The number of nitrogens with zero attached hydrogens (tertiary/aromatic N) is 1. The van der Waals surface area contributed by atoms with Crippen molar-refractivity contribution in [3.63, 3.8) is 0 Å². The van der Waals surface area contributed by atoms with E-state index < -0.39 is 78.1 Å². The first-order valence-electron chi connectivity index (χ1n) is 12.3. The lowest BCUT2D eigenvalue weighted by atomic mass is 9.89. The second-order valence-electron chi connectivity index (χ2n) is 9.14. The van der Waals surface area contributed by atoms with Crippen LogP contribution in [0, 0.1) is 0 Å². The average Bonchev–Trinajstić information content (AvgIpc) is 2.86. The minimum absolute atomic E-state index is 0.00603. The number of alkyl carbamates (subject to hydrolysis) is 1. The number of hydrogen-bond acceptors (Lipinski definition) is 4. The van der Waals surface area contributed by atoms with Crippen LogP contribution in [0.3, 0.4) is 0 Å². The predicted molar refractivity (Wildman–Crippen MR) is 127 cm³/mol. The molecule has 1 N–H and O–H groups in total. The van der Waals surface area contributed by atoms with Gasteiger partial charge in [-0.25, -0.2) is 9.59 Å². The number of benzene rings is 2. The molecule has 15 heteroatoms. The van der Waals surface area contributed by atoms with Gasteiger partial charge in [0.1, 0.15) is 0 Å². The van der Waals surface area contributed by atoms with Crippen molar-refractivity contribution in [1.29, 1.82) is 0 Å². The topological polar surface area (TPSA) is 67.9 Å². The number of ether oxygens (including phenoxy) is 2. The summed E-state index contributed by atoms with van der Waals surface area (Å²) in [5.41, 5.74) is -4.47. The van der Waals surface area contributed by atoms with Crippen LogP contribution < -0.4 is 10.2 Å². The monoisotopic (exact) mass is 600 g/mol. The van der Waals surface area contributed by atoms with Crippen molar-refractivity contribution in [1.82, 2.24) is 5.32 Å². The number of hydrogen-bond donors (Lipinski definition) is 1. The zero-order valence-electron chi connectivity index (χ0n) is 21.6. The fourth-order valence-corrected chi connectivity index (χ4v) is 4.47. The quantitative estimate of drug-likeness (QED) is 0.343. The molecule has 1 aliphatic heterocycles. The number of carbonyl (C=O) groups excluding carboxylic acids is 2. The highest BCUT2D eigenvalue weighted by Crippen LogP contribution is 2.42. The van der Waals surface area contributed by atoms with Crippen molar-refractivity contribution in [3.05, 3.63) is 64.2 Å². The van der Waals surface area contributed by atoms with Gasteiger partial charge in [-0.05, 0) is 67.3 Å². The molecule has 1 heterocycles. The Balaban J connectivity index is 1.81. The second kappa shape index (κ2) is 12.1. The summed E-state index contributed by atoms with van der Waals surface area (Å²) in [5, 5.41) is 2.40. The molecule has 3 rings (SSSR count). The van der Waals surface area contributed by atoms with Crippen LogP contribution in [0.25, 0.3) is 0 Å². The summed E-state index contributed by atoms with van der Waals surface area (Å²) in [6.45, 7) is 2.65. The number of nitrogens with one attached hydrogen (secondary N) is 1. The smallest absolute Gasteiger partial charge is 0.416 e. The fourth-order valence-electron chi connectivity index (χ4n) is 4.47. The summed E-state index contributed by atoms with van der Waals surface area (Å²) in [4.78, 5) is 26.4. The van der Waals surface area contributed by atoms with E-state index in [1.807, 2.05) is 0 Å². The molecule has 0 saturated heterocycles. The molecule has 6 nitrogen and oxygen atoms in total. The summed E-state index contributed by atoms with van der Waals surface area (Å²) in [7, 11) is 0. The Labute approximate surface area is 228 Å². The van der Waals surface area contributed by atoms with Gasteiger partial charge in [0.25, 0.3) is 0 Å². The van der Waals surface area contributed by atoms with E-state index in [1.165, 1.54) is 4.90 Å². The molecule has 226 valence electrons. The van der Waals surface area contributed by atoms with Crippen LogP contribution in [0.2, 0.25) is 0 Å². The second-order valence-corrected chi connectivity index (χ2v) is 9.14. The lowest BCUT2D eigenvalue weighted by Gasteiger charge is -2.40. The lowest BCUT2D eigenvalue weighted by molar-refractivity contribution is -0.143. The van der Waals surface area contributed by atoms with E-state index in [-0.39, 0.29) is 30.3 Å². The Morgan fingerprint density at radius 1 is 0.854 bits per heavy atom. The van der Waals surface area contributed by atoms with Crippen LogP contribution in [0.4, 0.5) is 54.8 Å². The number of fused-ring (bicyclic) bond motifs is 1. The van der Waals surface area contributed by atoms with E-state index in [9.17, 15) is 49.1 Å². The van der Waals surface area contributed by atoms with Crippen molar-refractivity contribution >= 4 is 17.9 Å². The average molecular weight is 600 g/mol. The summed E-state index contributed by atoms with van der Waals surface area (Å²) in [5.74, 6) is 0. The molecule has 0 spiro atoms. The molecule has 1 aliphatic rings. The first-order chi connectivity index (χ1) is 19.0. The van der Waals surface area contributed by atoms with Gasteiger partial charge in [0.15, 0.2) is 0 Å². The maximum absolute atomic E-state index is 13.4. The van der Waals surface area contributed by atoms with Crippen molar-refractivity contribution < 1.29 is 58.6 Å². The highest BCUT2D eigenvalue weighted by atomic mass is 19.4. The van der Waals surface area contributed by atoms with E-state index >= 15 is 0 Å². The summed E-state index contributed by atoms with van der Waals surface area (Å²) >= 11 is 0.